The van der Waals surface area contributed by atoms with Crippen LogP contribution in [0.3, 0.4) is 0 Å². The molecule has 5 N–H and O–H groups in total. The van der Waals surface area contributed by atoms with Gasteiger partial charge >= 0.3 is 6.03 Å². The van der Waals surface area contributed by atoms with Gasteiger partial charge in [0.15, 0.2) is 5.78 Å². The van der Waals surface area contributed by atoms with E-state index >= 15 is 0 Å². The minimum Gasteiger partial charge on any atom is -0.356 e. The summed E-state index contributed by atoms with van der Waals surface area (Å²) in [7, 11) is 0. The molecule has 0 bridgehead atoms. The first-order valence-electron chi connectivity index (χ1n) is 18.9. The number of hydrogen-bond donors (Lipinski definition) is 5. The Bertz CT molecular complexity index is 1070. The topological polar surface area (TPSA) is 177 Å². The van der Waals surface area contributed by atoms with Crippen molar-refractivity contribution < 1.29 is 24.0 Å². The van der Waals surface area contributed by atoms with Crippen LogP contribution in [0.1, 0.15) is 98.8 Å². The van der Waals surface area contributed by atoms with Crippen LogP contribution in [0.4, 0.5) is 4.79 Å². The summed E-state index contributed by atoms with van der Waals surface area (Å²) in [5.41, 5.74) is 0. The van der Waals surface area contributed by atoms with Crippen molar-refractivity contribution in [2.45, 2.75) is 129 Å². The fraction of sp³-hybridized carbons (Fsp3) is 0.857. The molecule has 1 saturated heterocycles. The Labute approximate surface area is 293 Å². The van der Waals surface area contributed by atoms with Crippen LogP contribution in [0.2, 0.25) is 0 Å². The van der Waals surface area contributed by atoms with Crippen LogP contribution < -0.4 is 26.6 Å². The number of carbonyl (C=O) groups is 5. The van der Waals surface area contributed by atoms with E-state index in [4.69, 9.17) is 0 Å². The molecule has 0 radical (unpaired) electrons. The van der Waals surface area contributed by atoms with Crippen molar-refractivity contribution in [1.82, 2.24) is 36.4 Å². The van der Waals surface area contributed by atoms with Crippen LogP contribution in [0, 0.1) is 11.8 Å². The molecule has 3 aliphatic rings. The van der Waals surface area contributed by atoms with Gasteiger partial charge in [-0.15, -0.1) is 0 Å². The highest BCUT2D eigenvalue weighted by molar-refractivity contribution is 6.04. The SMILES string of the molecule is CCN(CC)CCCCNC(=O)C1CC(N=NC(C(C)=O)C(=O)NC2CCC3NC(=O)NC3C2)CC(C(=O)NCCCCN(CC)CC)C1. The number of amides is 5. The van der Waals surface area contributed by atoms with E-state index in [2.05, 4.69) is 74.3 Å². The molecule has 0 spiro atoms. The minimum absolute atomic E-state index is 0.0468. The van der Waals surface area contributed by atoms with Crippen molar-refractivity contribution >= 4 is 29.5 Å². The zero-order chi connectivity index (χ0) is 35.8. The average molecular weight is 690 g/mol. The first kappa shape index (κ1) is 40.3. The van der Waals surface area contributed by atoms with Gasteiger partial charge in [0, 0.05) is 31.0 Å². The van der Waals surface area contributed by atoms with Gasteiger partial charge in [-0.1, -0.05) is 27.7 Å². The number of rotatable bonds is 21. The summed E-state index contributed by atoms with van der Waals surface area (Å²) >= 11 is 0. The Morgan fingerprint density at radius 1 is 0.755 bits per heavy atom. The standard InChI is InChI=1S/C35H63N9O5/c1-6-43(7-2)18-12-10-16-36-32(46)25-20-26(33(47)37-17-11-13-19-44(8-3)9-4)22-28(21-25)41-42-31(24(5)45)34(48)38-27-14-15-29-30(23-27)40-35(49)39-29/h25-31H,6-23H2,1-5H3,(H,36,46)(H,37,47)(H,38,48)(H2,39,40,49). The summed E-state index contributed by atoms with van der Waals surface area (Å²) < 4.78 is 0. The second-order valence-electron chi connectivity index (χ2n) is 13.9. The lowest BCUT2D eigenvalue weighted by Crippen LogP contribution is -2.50. The molecule has 0 aromatic rings. The highest BCUT2D eigenvalue weighted by Gasteiger charge is 2.39. The van der Waals surface area contributed by atoms with Gasteiger partial charge in [-0.3, -0.25) is 19.2 Å². The van der Waals surface area contributed by atoms with Gasteiger partial charge < -0.3 is 36.4 Å². The fourth-order valence-electron chi connectivity index (χ4n) is 7.30. The quantitative estimate of drug-likeness (QED) is 0.0698. The van der Waals surface area contributed by atoms with E-state index in [-0.39, 0.29) is 36.0 Å². The highest BCUT2D eigenvalue weighted by Crippen LogP contribution is 2.32. The maximum absolute atomic E-state index is 13.3. The Morgan fingerprint density at radius 2 is 1.29 bits per heavy atom. The Hall–Kier alpha value is -3.13. The second-order valence-corrected chi connectivity index (χ2v) is 13.9. The zero-order valence-electron chi connectivity index (χ0n) is 30.6. The highest BCUT2D eigenvalue weighted by atomic mass is 16.2. The van der Waals surface area contributed by atoms with Crippen molar-refractivity contribution in [3.05, 3.63) is 0 Å². The predicted octanol–water partition coefficient (Wildman–Crippen LogP) is 2.38. The Kier molecular flexibility index (Phi) is 17.4. The molecule has 6 atom stereocenters. The second kappa shape index (κ2) is 21.2. The van der Waals surface area contributed by atoms with E-state index in [9.17, 15) is 24.0 Å². The molecule has 1 aliphatic heterocycles. The van der Waals surface area contributed by atoms with Gasteiger partial charge in [-0.25, -0.2) is 4.79 Å². The molecule has 6 unspecified atom stereocenters. The number of ketones is 1. The molecule has 49 heavy (non-hydrogen) atoms. The van der Waals surface area contributed by atoms with Crippen LogP contribution in [0.15, 0.2) is 10.2 Å². The average Bonchev–Trinajstić information content (AvgIpc) is 3.46. The number of unbranched alkanes of at least 4 members (excludes halogenated alkanes) is 2. The third-order valence-electron chi connectivity index (χ3n) is 10.4. The van der Waals surface area contributed by atoms with Crippen LogP contribution in [0.25, 0.3) is 0 Å². The van der Waals surface area contributed by atoms with Gasteiger partial charge in [0.25, 0.3) is 5.91 Å². The Morgan fingerprint density at radius 3 is 1.80 bits per heavy atom. The van der Waals surface area contributed by atoms with Crippen LogP contribution in [-0.4, -0.2) is 122 Å². The monoisotopic (exact) mass is 689 g/mol. The van der Waals surface area contributed by atoms with E-state index in [1.807, 2.05) is 0 Å². The number of Topliss-reactive ketones (excluding diaryl/α,β-unsaturated/α-hetero) is 1. The summed E-state index contributed by atoms with van der Waals surface area (Å²) in [4.78, 5) is 68.9. The molecule has 1 heterocycles. The van der Waals surface area contributed by atoms with E-state index in [0.717, 1.165) is 71.4 Å². The maximum Gasteiger partial charge on any atom is 0.315 e. The maximum atomic E-state index is 13.3. The first-order valence-corrected chi connectivity index (χ1v) is 18.9. The predicted molar refractivity (Wildman–Crippen MR) is 189 cm³/mol. The van der Waals surface area contributed by atoms with Crippen LogP contribution in [0.5, 0.6) is 0 Å². The van der Waals surface area contributed by atoms with Gasteiger partial charge in [-0.05, 0) is 110 Å². The van der Waals surface area contributed by atoms with Gasteiger partial charge in [0.1, 0.15) is 0 Å². The molecule has 2 saturated carbocycles. The van der Waals surface area contributed by atoms with E-state index < -0.39 is 35.6 Å². The third-order valence-corrected chi connectivity index (χ3v) is 10.4. The number of nitrogens with zero attached hydrogens (tertiary/aromatic N) is 4. The lowest BCUT2D eigenvalue weighted by Gasteiger charge is -2.32. The van der Waals surface area contributed by atoms with Gasteiger partial charge in [0.05, 0.1) is 18.1 Å². The van der Waals surface area contributed by atoms with Crippen molar-refractivity contribution in [3.8, 4) is 0 Å². The van der Waals surface area contributed by atoms with Crippen molar-refractivity contribution in [1.29, 1.82) is 0 Å². The molecule has 3 fully saturated rings. The zero-order valence-corrected chi connectivity index (χ0v) is 30.6. The van der Waals surface area contributed by atoms with Gasteiger partial charge in [-0.2, -0.15) is 10.2 Å². The number of hydrogen-bond acceptors (Lipinski definition) is 9. The summed E-state index contributed by atoms with van der Waals surface area (Å²) in [5.74, 6) is -1.98. The number of fused-ring (bicyclic) bond motifs is 1. The Balaban J connectivity index is 1.60. The molecule has 0 aromatic carbocycles. The van der Waals surface area contributed by atoms with Crippen molar-refractivity contribution in [2.75, 3.05) is 52.4 Å². The number of carbonyl (C=O) groups excluding carboxylic acids is 5. The van der Waals surface area contributed by atoms with E-state index in [0.29, 0.717) is 45.2 Å². The molecule has 14 heteroatoms. The van der Waals surface area contributed by atoms with Crippen LogP contribution in [-0.2, 0) is 19.2 Å². The molecule has 14 nitrogen and oxygen atoms in total. The minimum atomic E-state index is -1.31. The molecule has 278 valence electrons. The first-order chi connectivity index (χ1) is 23.6. The summed E-state index contributed by atoms with van der Waals surface area (Å²) in [6.45, 7) is 17.0. The van der Waals surface area contributed by atoms with Crippen molar-refractivity contribution in [2.24, 2.45) is 22.1 Å². The lowest BCUT2D eigenvalue weighted by atomic mass is 9.78. The molecule has 5 amide bonds. The third kappa shape index (κ3) is 13.3. The number of nitrogens with one attached hydrogen (secondary N) is 5. The number of azo groups is 1. The molecule has 0 aromatic heterocycles. The molecule has 2 aliphatic carbocycles. The fourth-order valence-corrected chi connectivity index (χ4v) is 7.30. The van der Waals surface area contributed by atoms with E-state index in [1.165, 1.54) is 6.92 Å². The largest absolute Gasteiger partial charge is 0.356 e. The lowest BCUT2D eigenvalue weighted by molar-refractivity contribution is -0.132. The smallest absolute Gasteiger partial charge is 0.315 e. The molecule has 3 rings (SSSR count). The van der Waals surface area contributed by atoms with E-state index in [1.54, 1.807) is 0 Å². The number of urea groups is 1. The van der Waals surface area contributed by atoms with Crippen molar-refractivity contribution in [3.63, 3.8) is 0 Å². The molecular formula is C35H63N9O5. The summed E-state index contributed by atoms with van der Waals surface area (Å²) in [6, 6.07) is -2.20. The normalized spacial score (nSPS) is 25.8. The van der Waals surface area contributed by atoms with Crippen LogP contribution >= 0.6 is 0 Å². The summed E-state index contributed by atoms with van der Waals surface area (Å²) in [6.07, 6.45) is 6.91. The summed E-state index contributed by atoms with van der Waals surface area (Å²) in [5, 5.41) is 23.5. The molecular weight excluding hydrogens is 626 g/mol. The van der Waals surface area contributed by atoms with Gasteiger partial charge in [0.2, 0.25) is 17.9 Å².